The van der Waals surface area contributed by atoms with Crippen LogP contribution in [0.4, 0.5) is 0 Å². The van der Waals surface area contributed by atoms with Gasteiger partial charge in [0.2, 0.25) is 5.91 Å². The van der Waals surface area contributed by atoms with E-state index < -0.39 is 0 Å². The molecule has 0 bridgehead atoms. The van der Waals surface area contributed by atoms with E-state index in [9.17, 15) is 9.59 Å². The van der Waals surface area contributed by atoms with E-state index in [1.165, 1.54) is 0 Å². The van der Waals surface area contributed by atoms with Crippen LogP contribution in [0.5, 0.6) is 0 Å². The zero-order valence-electron chi connectivity index (χ0n) is 11.0. The second kappa shape index (κ2) is 4.96. The number of nitrogens with one attached hydrogen (secondary N) is 1. The Bertz CT molecular complexity index is 511. The molecular weight excluding hydrogens is 260 g/mol. The summed E-state index contributed by atoms with van der Waals surface area (Å²) < 4.78 is 0. The molecule has 1 aromatic heterocycles. The number of thiophene rings is 1. The highest BCUT2D eigenvalue weighted by atomic mass is 32.1. The Morgan fingerprint density at radius 1 is 1.37 bits per heavy atom. The minimum Gasteiger partial charge on any atom is -0.350 e. The smallest absolute Gasteiger partial charge is 0.255 e. The quantitative estimate of drug-likeness (QED) is 0.853. The van der Waals surface area contributed by atoms with Crippen molar-refractivity contribution in [1.82, 2.24) is 10.2 Å². The standard InChI is InChI=1S/C14H18N2O2S/c1-9-7-19-8-10(9)14(18)16-6-13(17)15-11-4-2-3-5-12(11)16/h7-8,11-12H,2-6H2,1H3,(H,15,17). The van der Waals surface area contributed by atoms with Crippen LogP contribution in [0, 0.1) is 6.92 Å². The lowest BCUT2D eigenvalue weighted by atomic mass is 9.87. The van der Waals surface area contributed by atoms with Crippen molar-refractivity contribution in [2.24, 2.45) is 0 Å². The van der Waals surface area contributed by atoms with Crippen molar-refractivity contribution >= 4 is 23.2 Å². The third kappa shape index (κ3) is 2.27. The highest BCUT2D eigenvalue weighted by molar-refractivity contribution is 7.08. The lowest BCUT2D eigenvalue weighted by Crippen LogP contribution is -2.62. The summed E-state index contributed by atoms with van der Waals surface area (Å²) in [5.41, 5.74) is 1.76. The lowest BCUT2D eigenvalue weighted by Gasteiger charge is -2.43. The molecule has 1 aliphatic carbocycles. The van der Waals surface area contributed by atoms with E-state index in [-0.39, 0.29) is 30.4 Å². The predicted molar refractivity (Wildman–Crippen MR) is 74.3 cm³/mol. The summed E-state index contributed by atoms with van der Waals surface area (Å²) >= 11 is 1.54. The number of carbonyl (C=O) groups is 2. The Morgan fingerprint density at radius 3 is 2.89 bits per heavy atom. The first-order valence-electron chi connectivity index (χ1n) is 6.80. The number of aryl methyl sites for hydroxylation is 1. The number of piperazine rings is 1. The summed E-state index contributed by atoms with van der Waals surface area (Å²) in [6, 6.07) is 0.330. The van der Waals surface area contributed by atoms with E-state index in [2.05, 4.69) is 5.32 Å². The first-order chi connectivity index (χ1) is 9.16. The number of rotatable bonds is 1. The van der Waals surface area contributed by atoms with Crippen molar-refractivity contribution in [3.05, 3.63) is 21.9 Å². The Hall–Kier alpha value is -1.36. The molecule has 1 aliphatic heterocycles. The molecule has 1 aromatic rings. The zero-order chi connectivity index (χ0) is 13.4. The highest BCUT2D eigenvalue weighted by Crippen LogP contribution is 2.28. The first-order valence-corrected chi connectivity index (χ1v) is 7.74. The average molecular weight is 278 g/mol. The maximum absolute atomic E-state index is 12.6. The summed E-state index contributed by atoms with van der Waals surface area (Å²) in [4.78, 5) is 26.2. The van der Waals surface area contributed by atoms with Gasteiger partial charge in [0.15, 0.2) is 0 Å². The molecule has 0 spiro atoms. The maximum atomic E-state index is 12.6. The van der Waals surface area contributed by atoms with Gasteiger partial charge in [-0.1, -0.05) is 12.8 Å². The van der Waals surface area contributed by atoms with Crippen molar-refractivity contribution < 1.29 is 9.59 Å². The Morgan fingerprint density at radius 2 is 2.16 bits per heavy atom. The van der Waals surface area contributed by atoms with Gasteiger partial charge in [-0.15, -0.1) is 0 Å². The van der Waals surface area contributed by atoms with Gasteiger partial charge in [-0.05, 0) is 30.7 Å². The molecule has 1 saturated heterocycles. The average Bonchev–Trinajstić information content (AvgIpc) is 2.83. The molecular formula is C14H18N2O2S. The molecule has 2 amide bonds. The van der Waals surface area contributed by atoms with Gasteiger partial charge in [0, 0.05) is 11.4 Å². The van der Waals surface area contributed by atoms with Gasteiger partial charge >= 0.3 is 0 Å². The fourth-order valence-electron chi connectivity index (χ4n) is 3.13. The number of hydrogen-bond acceptors (Lipinski definition) is 3. The molecule has 102 valence electrons. The molecule has 2 aliphatic rings. The van der Waals surface area contributed by atoms with E-state index in [0.29, 0.717) is 0 Å². The molecule has 2 fully saturated rings. The van der Waals surface area contributed by atoms with Crippen molar-refractivity contribution in [1.29, 1.82) is 0 Å². The van der Waals surface area contributed by atoms with Gasteiger partial charge in [0.05, 0.1) is 11.6 Å². The summed E-state index contributed by atoms with van der Waals surface area (Å²) in [5, 5.41) is 6.91. The Labute approximate surface area is 116 Å². The van der Waals surface area contributed by atoms with Crippen LogP contribution < -0.4 is 5.32 Å². The van der Waals surface area contributed by atoms with Gasteiger partial charge in [-0.2, -0.15) is 11.3 Å². The van der Waals surface area contributed by atoms with Crippen LogP contribution in [0.25, 0.3) is 0 Å². The molecule has 4 nitrogen and oxygen atoms in total. The monoisotopic (exact) mass is 278 g/mol. The van der Waals surface area contributed by atoms with Gasteiger partial charge in [0.25, 0.3) is 5.91 Å². The molecule has 2 atom stereocenters. The van der Waals surface area contributed by atoms with Crippen molar-refractivity contribution in [2.75, 3.05) is 6.54 Å². The minimum atomic E-state index is -0.0237. The number of fused-ring (bicyclic) bond motifs is 1. The van der Waals surface area contributed by atoms with Crippen LogP contribution in [0.15, 0.2) is 10.8 Å². The predicted octanol–water partition coefficient (Wildman–Crippen LogP) is 1.94. The van der Waals surface area contributed by atoms with Gasteiger partial charge in [0.1, 0.15) is 6.54 Å². The molecule has 19 heavy (non-hydrogen) atoms. The summed E-state index contributed by atoms with van der Waals surface area (Å²) in [5.74, 6) is -0.00474. The fraction of sp³-hybridized carbons (Fsp3) is 0.571. The molecule has 5 heteroatoms. The second-order valence-electron chi connectivity index (χ2n) is 5.43. The number of nitrogens with zero attached hydrogens (tertiary/aromatic N) is 1. The van der Waals surface area contributed by atoms with Gasteiger partial charge < -0.3 is 10.2 Å². The van der Waals surface area contributed by atoms with Crippen LogP contribution in [0.1, 0.15) is 41.6 Å². The number of amides is 2. The minimum absolute atomic E-state index is 0.0190. The van der Waals surface area contributed by atoms with E-state index >= 15 is 0 Å². The van der Waals surface area contributed by atoms with E-state index in [1.54, 1.807) is 16.2 Å². The number of carbonyl (C=O) groups excluding carboxylic acids is 2. The largest absolute Gasteiger partial charge is 0.350 e. The molecule has 0 aromatic carbocycles. The summed E-state index contributed by atoms with van der Waals surface area (Å²) in [7, 11) is 0. The molecule has 3 rings (SSSR count). The van der Waals surface area contributed by atoms with Crippen molar-refractivity contribution in [3.63, 3.8) is 0 Å². The first kappa shape index (κ1) is 12.7. The van der Waals surface area contributed by atoms with Crippen LogP contribution in [-0.4, -0.2) is 35.3 Å². The zero-order valence-corrected chi connectivity index (χ0v) is 11.8. The van der Waals surface area contributed by atoms with Crippen LogP contribution in [0.3, 0.4) is 0 Å². The third-order valence-corrected chi connectivity index (χ3v) is 5.00. The van der Waals surface area contributed by atoms with Gasteiger partial charge in [-0.25, -0.2) is 0 Å². The molecule has 0 radical (unpaired) electrons. The highest BCUT2D eigenvalue weighted by Gasteiger charge is 2.39. The van der Waals surface area contributed by atoms with Crippen LogP contribution >= 0.6 is 11.3 Å². The second-order valence-corrected chi connectivity index (χ2v) is 6.17. The van der Waals surface area contributed by atoms with Crippen LogP contribution in [0.2, 0.25) is 0 Å². The summed E-state index contributed by atoms with van der Waals surface area (Å²) in [6.07, 6.45) is 4.27. The topological polar surface area (TPSA) is 49.4 Å². The molecule has 1 saturated carbocycles. The number of hydrogen-bond donors (Lipinski definition) is 1. The fourth-order valence-corrected chi connectivity index (χ4v) is 3.96. The van der Waals surface area contributed by atoms with E-state index in [0.717, 1.165) is 36.8 Å². The normalized spacial score (nSPS) is 26.8. The SMILES string of the molecule is Cc1cscc1C(=O)N1CC(=O)NC2CCCCC21. The third-order valence-electron chi connectivity index (χ3n) is 4.14. The maximum Gasteiger partial charge on any atom is 0.255 e. The molecule has 2 heterocycles. The van der Waals surface area contributed by atoms with Crippen molar-refractivity contribution in [2.45, 2.75) is 44.7 Å². The van der Waals surface area contributed by atoms with Crippen molar-refractivity contribution in [3.8, 4) is 0 Å². The van der Waals surface area contributed by atoms with E-state index in [4.69, 9.17) is 0 Å². The summed E-state index contributed by atoms with van der Waals surface area (Å²) in [6.45, 7) is 2.15. The van der Waals surface area contributed by atoms with Gasteiger partial charge in [-0.3, -0.25) is 9.59 Å². The molecule has 2 unspecified atom stereocenters. The Kier molecular flexibility index (Phi) is 3.31. The van der Waals surface area contributed by atoms with E-state index in [1.807, 2.05) is 17.7 Å². The van der Waals surface area contributed by atoms with Crippen LogP contribution in [-0.2, 0) is 4.79 Å². The lowest BCUT2D eigenvalue weighted by molar-refractivity contribution is -0.127. The molecule has 1 N–H and O–H groups in total. The Balaban J connectivity index is 1.87.